The van der Waals surface area contributed by atoms with Crippen molar-refractivity contribution in [2.45, 2.75) is 44.8 Å². The third kappa shape index (κ3) is 8.37. The molecule has 11 heteroatoms. The van der Waals surface area contributed by atoms with Crippen LogP contribution >= 0.6 is 0 Å². The Morgan fingerprint density at radius 3 is 2.21 bits per heavy atom. The predicted octanol–water partition coefficient (Wildman–Crippen LogP) is -0.651. The van der Waals surface area contributed by atoms with E-state index in [2.05, 4.69) is 25.9 Å². The maximum absolute atomic E-state index is 13.1. The number of aromatic amines is 1. The van der Waals surface area contributed by atoms with Crippen LogP contribution in [0, 0.1) is 5.92 Å². The Kier molecular flexibility index (Phi) is 9.55. The smallest absolute Gasteiger partial charge is 0.322 e. The molecule has 11 nitrogen and oxygen atoms in total. The lowest BCUT2D eigenvalue weighted by molar-refractivity contribution is -0.138. The van der Waals surface area contributed by atoms with E-state index in [0.29, 0.717) is 5.69 Å². The molecule has 0 fully saturated rings. The van der Waals surface area contributed by atoms with Crippen LogP contribution in [0.4, 0.5) is 0 Å². The maximum atomic E-state index is 13.1. The number of nitrogens with zero attached hydrogens (tertiary/aromatic N) is 1. The van der Waals surface area contributed by atoms with Gasteiger partial charge in [-0.3, -0.25) is 19.2 Å². The molecular weight excluding hydrogens is 428 g/mol. The van der Waals surface area contributed by atoms with Gasteiger partial charge in [-0.15, -0.1) is 0 Å². The minimum Gasteiger partial charge on any atom is -0.480 e. The van der Waals surface area contributed by atoms with Gasteiger partial charge in [0.2, 0.25) is 17.7 Å². The van der Waals surface area contributed by atoms with Gasteiger partial charge in [-0.1, -0.05) is 44.2 Å². The third-order valence-electron chi connectivity index (χ3n) is 4.96. The molecule has 3 atom stereocenters. The van der Waals surface area contributed by atoms with E-state index in [1.165, 1.54) is 12.5 Å². The monoisotopic (exact) mass is 458 g/mol. The Balaban J connectivity index is 2.20. The number of aliphatic carboxylic acids is 1. The van der Waals surface area contributed by atoms with Crippen molar-refractivity contribution in [2.24, 2.45) is 11.7 Å². The number of imidazole rings is 1. The van der Waals surface area contributed by atoms with Crippen molar-refractivity contribution in [1.82, 2.24) is 25.9 Å². The van der Waals surface area contributed by atoms with Gasteiger partial charge in [-0.25, -0.2) is 4.98 Å². The zero-order valence-electron chi connectivity index (χ0n) is 18.6. The van der Waals surface area contributed by atoms with Crippen LogP contribution in [0.3, 0.4) is 0 Å². The summed E-state index contributed by atoms with van der Waals surface area (Å²) in [5.41, 5.74) is 7.29. The second-order valence-corrected chi connectivity index (χ2v) is 7.97. The molecule has 0 spiro atoms. The SMILES string of the molecule is CC(C)C(N)C(=O)NC(Cc1cnc[nH]1)C(=O)NC(Cc1ccccc1)C(=O)NCC(=O)O. The Labute approximate surface area is 191 Å². The summed E-state index contributed by atoms with van der Waals surface area (Å²) in [5, 5.41) is 16.4. The normalized spacial score (nSPS) is 13.6. The van der Waals surface area contributed by atoms with Gasteiger partial charge in [0.15, 0.2) is 0 Å². The molecule has 1 heterocycles. The summed E-state index contributed by atoms with van der Waals surface area (Å²) >= 11 is 0. The molecule has 0 bridgehead atoms. The summed E-state index contributed by atoms with van der Waals surface area (Å²) in [6, 6.07) is 6.06. The summed E-state index contributed by atoms with van der Waals surface area (Å²) in [6.45, 7) is 2.99. The van der Waals surface area contributed by atoms with Crippen LogP contribution in [-0.2, 0) is 32.0 Å². The van der Waals surface area contributed by atoms with Crippen molar-refractivity contribution in [3.8, 4) is 0 Å². The first-order chi connectivity index (χ1) is 15.7. The summed E-state index contributed by atoms with van der Waals surface area (Å²) in [5.74, 6) is -3.12. The Morgan fingerprint density at radius 2 is 1.64 bits per heavy atom. The highest BCUT2D eigenvalue weighted by atomic mass is 16.4. The van der Waals surface area contributed by atoms with Gasteiger partial charge < -0.3 is 31.8 Å². The van der Waals surface area contributed by atoms with Gasteiger partial charge in [0, 0.05) is 24.7 Å². The van der Waals surface area contributed by atoms with E-state index in [1.807, 2.05) is 6.07 Å². The summed E-state index contributed by atoms with van der Waals surface area (Å²) in [7, 11) is 0. The molecule has 0 aliphatic heterocycles. The molecule has 1 aromatic carbocycles. The van der Waals surface area contributed by atoms with E-state index in [4.69, 9.17) is 10.8 Å². The number of carboxylic acid groups (broad SMARTS) is 1. The van der Waals surface area contributed by atoms with Crippen molar-refractivity contribution in [2.75, 3.05) is 6.54 Å². The fourth-order valence-electron chi connectivity index (χ4n) is 3.01. The average Bonchev–Trinajstić information content (AvgIpc) is 3.29. The molecule has 0 aliphatic carbocycles. The lowest BCUT2D eigenvalue weighted by Gasteiger charge is -2.24. The fraction of sp³-hybridized carbons (Fsp3) is 0.409. The van der Waals surface area contributed by atoms with Crippen LogP contribution in [0.2, 0.25) is 0 Å². The van der Waals surface area contributed by atoms with E-state index >= 15 is 0 Å². The Morgan fingerprint density at radius 1 is 1.00 bits per heavy atom. The van der Waals surface area contributed by atoms with Gasteiger partial charge in [0.1, 0.15) is 18.6 Å². The quantitative estimate of drug-likeness (QED) is 0.244. The maximum Gasteiger partial charge on any atom is 0.322 e. The number of benzene rings is 1. The number of nitrogens with one attached hydrogen (secondary N) is 4. The van der Waals surface area contributed by atoms with E-state index < -0.39 is 48.4 Å². The second-order valence-electron chi connectivity index (χ2n) is 7.97. The minimum absolute atomic E-state index is 0.0944. The van der Waals surface area contributed by atoms with E-state index in [0.717, 1.165) is 5.56 Å². The number of carboxylic acids is 1. The van der Waals surface area contributed by atoms with Gasteiger partial charge in [-0.05, 0) is 11.5 Å². The summed E-state index contributed by atoms with van der Waals surface area (Å²) < 4.78 is 0. The number of carbonyl (C=O) groups is 4. The summed E-state index contributed by atoms with van der Waals surface area (Å²) in [4.78, 5) is 56.0. The van der Waals surface area contributed by atoms with Crippen molar-refractivity contribution >= 4 is 23.7 Å². The zero-order chi connectivity index (χ0) is 24.4. The van der Waals surface area contributed by atoms with Gasteiger partial charge in [0.25, 0.3) is 0 Å². The number of nitrogens with two attached hydrogens (primary N) is 1. The molecule has 3 unspecified atom stereocenters. The lowest BCUT2D eigenvalue weighted by Crippen LogP contribution is -2.57. The standard InChI is InChI=1S/C22H30N6O5/c1-13(2)19(23)22(33)28-17(9-15-10-24-12-26-15)21(32)27-16(20(31)25-11-18(29)30)8-14-6-4-3-5-7-14/h3-7,10,12-13,16-17,19H,8-9,11,23H2,1-2H3,(H,24,26)(H,25,31)(H,27,32)(H,28,33)(H,29,30). The van der Waals surface area contributed by atoms with Crippen molar-refractivity contribution in [3.05, 3.63) is 54.1 Å². The summed E-state index contributed by atoms with van der Waals surface area (Å²) in [6.07, 6.45) is 3.20. The molecule has 2 aromatic rings. The Hall–Kier alpha value is -3.73. The van der Waals surface area contributed by atoms with Crippen molar-refractivity contribution < 1.29 is 24.3 Å². The van der Waals surface area contributed by atoms with E-state index in [1.54, 1.807) is 38.1 Å². The number of hydrogen-bond donors (Lipinski definition) is 6. The van der Waals surface area contributed by atoms with Crippen LogP contribution < -0.4 is 21.7 Å². The first-order valence-electron chi connectivity index (χ1n) is 10.5. The fourth-order valence-corrected chi connectivity index (χ4v) is 3.01. The Bertz CT molecular complexity index is 932. The number of rotatable bonds is 12. The van der Waals surface area contributed by atoms with Crippen LogP contribution in [0.25, 0.3) is 0 Å². The molecular formula is C22H30N6O5. The average molecular weight is 459 g/mol. The molecule has 0 radical (unpaired) electrons. The van der Waals surface area contributed by atoms with Crippen molar-refractivity contribution in [3.63, 3.8) is 0 Å². The van der Waals surface area contributed by atoms with Crippen molar-refractivity contribution in [1.29, 1.82) is 0 Å². The molecule has 1 aromatic heterocycles. The predicted molar refractivity (Wildman–Crippen MR) is 120 cm³/mol. The lowest BCUT2D eigenvalue weighted by atomic mass is 10.0. The van der Waals surface area contributed by atoms with Gasteiger partial charge in [0.05, 0.1) is 12.4 Å². The third-order valence-corrected chi connectivity index (χ3v) is 4.96. The van der Waals surface area contributed by atoms with Crippen LogP contribution in [0.1, 0.15) is 25.1 Å². The largest absolute Gasteiger partial charge is 0.480 e. The second kappa shape index (κ2) is 12.3. The topological polar surface area (TPSA) is 179 Å². The number of hydrogen-bond acceptors (Lipinski definition) is 6. The molecule has 7 N–H and O–H groups in total. The van der Waals surface area contributed by atoms with Crippen LogP contribution in [0.5, 0.6) is 0 Å². The minimum atomic E-state index is -1.21. The van der Waals surface area contributed by atoms with Crippen LogP contribution in [0.15, 0.2) is 42.9 Å². The number of aromatic nitrogens is 2. The molecule has 0 saturated heterocycles. The highest BCUT2D eigenvalue weighted by molar-refractivity contribution is 5.94. The molecule has 0 aliphatic rings. The first-order valence-corrected chi connectivity index (χ1v) is 10.5. The highest BCUT2D eigenvalue weighted by Gasteiger charge is 2.29. The number of H-pyrrole nitrogens is 1. The first kappa shape index (κ1) is 25.5. The molecule has 178 valence electrons. The van der Waals surface area contributed by atoms with Gasteiger partial charge in [-0.2, -0.15) is 0 Å². The number of carbonyl (C=O) groups excluding carboxylic acids is 3. The van der Waals surface area contributed by atoms with E-state index in [-0.39, 0.29) is 18.8 Å². The molecule has 0 saturated carbocycles. The van der Waals surface area contributed by atoms with Crippen LogP contribution in [-0.4, -0.2) is 63.4 Å². The van der Waals surface area contributed by atoms with Gasteiger partial charge >= 0.3 is 5.97 Å². The molecule has 2 rings (SSSR count). The highest BCUT2D eigenvalue weighted by Crippen LogP contribution is 2.07. The van der Waals surface area contributed by atoms with E-state index in [9.17, 15) is 19.2 Å². The molecule has 3 amide bonds. The number of amides is 3. The zero-order valence-corrected chi connectivity index (χ0v) is 18.6. The molecule has 33 heavy (non-hydrogen) atoms.